The van der Waals surface area contributed by atoms with Crippen LogP contribution in [0.2, 0.25) is 0 Å². The Morgan fingerprint density at radius 2 is 1.83 bits per heavy atom. The number of carbonyl (C=O) groups excluding carboxylic acids is 1. The van der Waals surface area contributed by atoms with Gasteiger partial charge in [-0.25, -0.2) is 0 Å². The topological polar surface area (TPSA) is 68.0 Å². The molecule has 0 spiro atoms. The smallest absolute Gasteiger partial charge is 0.254 e. The number of piperidine rings is 1. The molecule has 1 amide bonds. The van der Waals surface area contributed by atoms with Crippen molar-refractivity contribution in [3.05, 3.63) is 23.3 Å². The quantitative estimate of drug-likeness (QED) is 0.823. The predicted molar refractivity (Wildman–Crippen MR) is 91.4 cm³/mol. The van der Waals surface area contributed by atoms with E-state index in [1.165, 1.54) is 0 Å². The zero-order valence-corrected chi connectivity index (χ0v) is 14.0. The van der Waals surface area contributed by atoms with Crippen molar-refractivity contribution in [2.45, 2.75) is 25.3 Å². The molecular weight excluding hydrogens is 306 g/mol. The average Bonchev–Trinajstić information content (AvgIpc) is 3.13. The summed E-state index contributed by atoms with van der Waals surface area (Å²) in [6, 6.07) is 4.23. The summed E-state index contributed by atoms with van der Waals surface area (Å²) in [6.45, 7) is 5.95. The number of amides is 1. The van der Waals surface area contributed by atoms with E-state index in [1.54, 1.807) is 6.07 Å². The van der Waals surface area contributed by atoms with Gasteiger partial charge in [-0.1, -0.05) is 0 Å². The van der Waals surface area contributed by atoms with Gasteiger partial charge in [-0.15, -0.1) is 0 Å². The van der Waals surface area contributed by atoms with Crippen molar-refractivity contribution in [3.63, 3.8) is 0 Å². The fourth-order valence-electron chi connectivity index (χ4n) is 4.07. The molecule has 0 unspecified atom stereocenters. The molecule has 0 aliphatic carbocycles. The Balaban J connectivity index is 1.43. The van der Waals surface area contributed by atoms with Gasteiger partial charge in [0, 0.05) is 49.8 Å². The third-order valence-corrected chi connectivity index (χ3v) is 5.43. The van der Waals surface area contributed by atoms with Gasteiger partial charge in [0.15, 0.2) is 0 Å². The van der Waals surface area contributed by atoms with Crippen LogP contribution in [0, 0.1) is 0 Å². The lowest BCUT2D eigenvalue weighted by molar-refractivity contribution is 0.00158. The number of hydrogen-bond donors (Lipinski definition) is 1. The Hall–Kier alpha value is -1.79. The van der Waals surface area contributed by atoms with Gasteiger partial charge in [0.05, 0.1) is 25.5 Å². The SMILES string of the molecule is Nc1ccc(C(=O)N2CCC(N3CCOCC3)CC2)c2c1OCC2. The molecule has 1 aromatic carbocycles. The third-order valence-electron chi connectivity index (χ3n) is 5.43. The lowest BCUT2D eigenvalue weighted by atomic mass is 9.99. The second kappa shape index (κ2) is 6.61. The molecule has 0 bridgehead atoms. The van der Waals surface area contributed by atoms with Crippen LogP contribution in [0.25, 0.3) is 0 Å². The maximum atomic E-state index is 12.9. The van der Waals surface area contributed by atoms with Gasteiger partial charge in [-0.3, -0.25) is 9.69 Å². The van der Waals surface area contributed by atoms with Gasteiger partial charge in [-0.05, 0) is 25.0 Å². The van der Waals surface area contributed by atoms with Crippen molar-refractivity contribution >= 4 is 11.6 Å². The standard InChI is InChI=1S/C18H25N3O3/c19-16-2-1-15(14-5-10-24-17(14)16)18(22)21-6-3-13(4-7-21)20-8-11-23-12-9-20/h1-2,13H,3-12,19H2. The molecule has 0 saturated carbocycles. The number of likely N-dealkylation sites (tertiary alicyclic amines) is 1. The molecule has 2 N–H and O–H groups in total. The number of ether oxygens (including phenoxy) is 2. The number of anilines is 1. The van der Waals surface area contributed by atoms with Gasteiger partial charge in [-0.2, -0.15) is 0 Å². The Morgan fingerprint density at radius 1 is 1.08 bits per heavy atom. The summed E-state index contributed by atoms with van der Waals surface area (Å²) in [6.07, 6.45) is 2.85. The number of nitrogens with zero attached hydrogens (tertiary/aromatic N) is 2. The summed E-state index contributed by atoms with van der Waals surface area (Å²) >= 11 is 0. The average molecular weight is 331 g/mol. The number of hydrogen-bond acceptors (Lipinski definition) is 5. The van der Waals surface area contributed by atoms with Gasteiger partial charge in [0.2, 0.25) is 0 Å². The molecule has 0 atom stereocenters. The molecule has 3 aliphatic heterocycles. The normalized spacial score (nSPS) is 22.2. The van der Waals surface area contributed by atoms with E-state index in [0.29, 0.717) is 24.1 Å². The zero-order valence-electron chi connectivity index (χ0n) is 14.0. The van der Waals surface area contributed by atoms with Crippen molar-refractivity contribution in [2.75, 3.05) is 51.7 Å². The minimum absolute atomic E-state index is 0.122. The van der Waals surface area contributed by atoms with Gasteiger partial charge >= 0.3 is 0 Å². The first-order valence-corrected chi connectivity index (χ1v) is 8.89. The number of fused-ring (bicyclic) bond motifs is 1. The molecule has 2 saturated heterocycles. The van der Waals surface area contributed by atoms with Crippen LogP contribution in [0.5, 0.6) is 5.75 Å². The first-order valence-electron chi connectivity index (χ1n) is 8.89. The van der Waals surface area contributed by atoms with E-state index in [1.807, 2.05) is 11.0 Å². The monoisotopic (exact) mass is 331 g/mol. The number of rotatable bonds is 2. The van der Waals surface area contributed by atoms with E-state index in [2.05, 4.69) is 4.90 Å². The summed E-state index contributed by atoms with van der Waals surface area (Å²) in [5.41, 5.74) is 8.33. The number of nitrogen functional groups attached to an aromatic ring is 1. The van der Waals surface area contributed by atoms with E-state index >= 15 is 0 Å². The first-order chi connectivity index (χ1) is 11.7. The molecule has 6 heteroatoms. The first kappa shape index (κ1) is 15.7. The van der Waals surface area contributed by atoms with Crippen molar-refractivity contribution < 1.29 is 14.3 Å². The van der Waals surface area contributed by atoms with Crippen LogP contribution >= 0.6 is 0 Å². The lowest BCUT2D eigenvalue weighted by Crippen LogP contribution is -2.50. The van der Waals surface area contributed by atoms with E-state index in [9.17, 15) is 4.79 Å². The fraction of sp³-hybridized carbons (Fsp3) is 0.611. The molecule has 4 rings (SSSR count). The number of carbonyl (C=O) groups is 1. The minimum atomic E-state index is 0.122. The summed E-state index contributed by atoms with van der Waals surface area (Å²) in [4.78, 5) is 17.5. The van der Waals surface area contributed by atoms with Crippen LogP contribution in [0.15, 0.2) is 12.1 Å². The lowest BCUT2D eigenvalue weighted by Gasteiger charge is -2.40. The highest BCUT2D eigenvalue weighted by Crippen LogP contribution is 2.35. The molecule has 2 fully saturated rings. The number of morpholine rings is 1. The minimum Gasteiger partial charge on any atom is -0.491 e. The van der Waals surface area contributed by atoms with Crippen LogP contribution < -0.4 is 10.5 Å². The van der Waals surface area contributed by atoms with Crippen LogP contribution in [0.3, 0.4) is 0 Å². The van der Waals surface area contributed by atoms with Crippen molar-refractivity contribution in [3.8, 4) is 5.75 Å². The van der Waals surface area contributed by atoms with Gasteiger partial charge in [0.25, 0.3) is 5.91 Å². The van der Waals surface area contributed by atoms with Crippen LogP contribution in [-0.4, -0.2) is 67.7 Å². The van der Waals surface area contributed by atoms with Crippen LogP contribution in [0.1, 0.15) is 28.8 Å². The number of benzene rings is 1. The van der Waals surface area contributed by atoms with Crippen LogP contribution in [0.4, 0.5) is 5.69 Å². The number of nitrogens with two attached hydrogens (primary N) is 1. The Bertz CT molecular complexity index is 620. The second-order valence-electron chi connectivity index (χ2n) is 6.78. The molecular formula is C18H25N3O3. The Kier molecular flexibility index (Phi) is 4.33. The van der Waals surface area contributed by atoms with E-state index in [4.69, 9.17) is 15.2 Å². The highest BCUT2D eigenvalue weighted by molar-refractivity contribution is 5.97. The second-order valence-corrected chi connectivity index (χ2v) is 6.78. The molecule has 0 radical (unpaired) electrons. The molecule has 24 heavy (non-hydrogen) atoms. The predicted octanol–water partition coefficient (Wildman–Crippen LogP) is 1.14. The molecule has 1 aromatic rings. The molecule has 0 aromatic heterocycles. The van der Waals surface area contributed by atoms with Crippen molar-refractivity contribution in [1.29, 1.82) is 0 Å². The van der Waals surface area contributed by atoms with E-state index in [-0.39, 0.29) is 5.91 Å². The van der Waals surface area contributed by atoms with Crippen LogP contribution in [-0.2, 0) is 11.2 Å². The zero-order chi connectivity index (χ0) is 16.5. The molecule has 6 nitrogen and oxygen atoms in total. The molecule has 3 heterocycles. The summed E-state index contributed by atoms with van der Waals surface area (Å²) in [7, 11) is 0. The van der Waals surface area contributed by atoms with Crippen molar-refractivity contribution in [1.82, 2.24) is 9.80 Å². The third kappa shape index (κ3) is 2.84. The maximum Gasteiger partial charge on any atom is 0.254 e. The summed E-state index contributed by atoms with van der Waals surface area (Å²) < 4.78 is 11.0. The maximum absolute atomic E-state index is 12.9. The largest absolute Gasteiger partial charge is 0.491 e. The van der Waals surface area contributed by atoms with Gasteiger partial charge < -0.3 is 20.1 Å². The van der Waals surface area contributed by atoms with Crippen molar-refractivity contribution in [2.24, 2.45) is 0 Å². The van der Waals surface area contributed by atoms with Gasteiger partial charge in [0.1, 0.15) is 5.75 Å². The fourth-order valence-corrected chi connectivity index (χ4v) is 4.07. The highest BCUT2D eigenvalue weighted by atomic mass is 16.5. The molecule has 130 valence electrons. The molecule has 3 aliphatic rings. The Labute approximate surface area is 142 Å². The summed E-state index contributed by atoms with van der Waals surface area (Å²) in [5.74, 6) is 0.834. The highest BCUT2D eigenvalue weighted by Gasteiger charge is 2.30. The summed E-state index contributed by atoms with van der Waals surface area (Å²) in [5, 5.41) is 0. The Morgan fingerprint density at radius 3 is 2.58 bits per heavy atom. The van der Waals surface area contributed by atoms with E-state index in [0.717, 1.165) is 69.8 Å². The van der Waals surface area contributed by atoms with E-state index < -0.39 is 0 Å².